The van der Waals surface area contributed by atoms with E-state index in [9.17, 15) is 9.18 Å². The van der Waals surface area contributed by atoms with E-state index in [1.807, 2.05) is 19.1 Å². The van der Waals surface area contributed by atoms with E-state index in [1.54, 1.807) is 24.3 Å². The lowest BCUT2D eigenvalue weighted by atomic mass is 10.1. The number of aromatic amines is 1. The molecule has 6 heteroatoms. The lowest BCUT2D eigenvalue weighted by molar-refractivity contribution is 0.102. The van der Waals surface area contributed by atoms with Gasteiger partial charge >= 0.3 is 0 Å². The number of aryl methyl sites for hydroxylation is 1. The molecule has 1 saturated heterocycles. The maximum atomic E-state index is 14.2. The summed E-state index contributed by atoms with van der Waals surface area (Å²) in [5.74, 6) is -0.602. The first-order valence-electron chi connectivity index (χ1n) is 8.76. The number of nitrogens with zero attached hydrogens (tertiary/aromatic N) is 1. The topological polar surface area (TPSA) is 60.2 Å². The number of rotatable bonds is 3. The second-order valence-corrected chi connectivity index (χ2v) is 6.61. The lowest BCUT2D eigenvalue weighted by Crippen LogP contribution is -2.43. The molecule has 0 unspecified atom stereocenters. The number of aromatic nitrogens is 1. The number of H-pyrrole nitrogens is 1. The average Bonchev–Trinajstić information content (AvgIpc) is 3.03. The van der Waals surface area contributed by atoms with Crippen molar-refractivity contribution in [3.63, 3.8) is 0 Å². The van der Waals surface area contributed by atoms with Crippen LogP contribution < -0.4 is 15.5 Å². The number of nitrogens with one attached hydrogen (secondary N) is 3. The normalized spacial score (nSPS) is 14.6. The van der Waals surface area contributed by atoms with Gasteiger partial charge < -0.3 is 20.5 Å². The SMILES string of the molecule is Cc1cc2c(F)cc(NC(=O)c3ccc(N4CCNCC4)cc3)cc2[nH]1. The van der Waals surface area contributed by atoms with Crippen LogP contribution in [0.25, 0.3) is 10.9 Å². The van der Waals surface area contributed by atoms with Gasteiger partial charge in [-0.3, -0.25) is 4.79 Å². The van der Waals surface area contributed by atoms with E-state index in [0.717, 1.165) is 37.6 Å². The van der Waals surface area contributed by atoms with Crippen molar-refractivity contribution in [3.05, 3.63) is 59.5 Å². The quantitative estimate of drug-likeness (QED) is 0.678. The second-order valence-electron chi connectivity index (χ2n) is 6.61. The zero-order chi connectivity index (χ0) is 18.1. The van der Waals surface area contributed by atoms with Crippen LogP contribution in [0.2, 0.25) is 0 Å². The molecule has 0 aliphatic carbocycles. The van der Waals surface area contributed by atoms with Crippen molar-refractivity contribution in [2.75, 3.05) is 36.4 Å². The monoisotopic (exact) mass is 352 g/mol. The molecule has 5 nitrogen and oxygen atoms in total. The molecular formula is C20H21FN4O. The Balaban J connectivity index is 1.51. The Kier molecular flexibility index (Phi) is 4.34. The largest absolute Gasteiger partial charge is 0.369 e. The molecule has 134 valence electrons. The summed E-state index contributed by atoms with van der Waals surface area (Å²) in [6.45, 7) is 5.72. The highest BCUT2D eigenvalue weighted by Gasteiger charge is 2.13. The van der Waals surface area contributed by atoms with E-state index in [0.29, 0.717) is 22.2 Å². The van der Waals surface area contributed by atoms with Gasteiger partial charge in [0.2, 0.25) is 0 Å². The molecule has 4 rings (SSSR count). The third-order valence-electron chi connectivity index (χ3n) is 4.69. The third-order valence-corrected chi connectivity index (χ3v) is 4.69. The van der Waals surface area contributed by atoms with E-state index in [2.05, 4.69) is 20.5 Å². The van der Waals surface area contributed by atoms with Gasteiger partial charge in [-0.05, 0) is 49.4 Å². The Hall–Kier alpha value is -2.86. The first-order valence-corrected chi connectivity index (χ1v) is 8.76. The Morgan fingerprint density at radius 2 is 1.85 bits per heavy atom. The summed E-state index contributed by atoms with van der Waals surface area (Å²) in [6, 6.07) is 12.4. The molecule has 0 atom stereocenters. The number of carbonyl (C=O) groups excluding carboxylic acids is 1. The molecule has 1 aliphatic rings. The Morgan fingerprint density at radius 3 is 2.58 bits per heavy atom. The summed E-state index contributed by atoms with van der Waals surface area (Å²) < 4.78 is 14.2. The predicted molar refractivity (Wildman–Crippen MR) is 102 cm³/mol. The number of carbonyl (C=O) groups is 1. The fraction of sp³-hybridized carbons (Fsp3) is 0.250. The first-order chi connectivity index (χ1) is 12.6. The van der Waals surface area contributed by atoms with Gasteiger partial charge in [-0.1, -0.05) is 0 Å². The van der Waals surface area contributed by atoms with Gasteiger partial charge in [0, 0.05) is 54.2 Å². The van der Waals surface area contributed by atoms with Crippen molar-refractivity contribution < 1.29 is 9.18 Å². The highest BCUT2D eigenvalue weighted by Crippen LogP contribution is 2.24. The summed E-state index contributed by atoms with van der Waals surface area (Å²) in [5, 5.41) is 6.63. The van der Waals surface area contributed by atoms with Gasteiger partial charge in [-0.25, -0.2) is 4.39 Å². The summed E-state index contributed by atoms with van der Waals surface area (Å²) in [7, 11) is 0. The molecular weight excluding hydrogens is 331 g/mol. The molecule has 2 heterocycles. The standard InChI is InChI=1S/C20H21FN4O/c1-13-10-17-18(21)11-15(12-19(17)23-13)24-20(26)14-2-4-16(5-3-14)25-8-6-22-7-9-25/h2-5,10-12,22-23H,6-9H2,1H3,(H,24,26). The van der Waals surface area contributed by atoms with Crippen LogP contribution in [0.1, 0.15) is 16.1 Å². The summed E-state index contributed by atoms with van der Waals surface area (Å²) >= 11 is 0. The number of benzene rings is 2. The molecule has 26 heavy (non-hydrogen) atoms. The van der Waals surface area contributed by atoms with Crippen LogP contribution in [0.5, 0.6) is 0 Å². The van der Waals surface area contributed by atoms with Crippen molar-refractivity contribution in [3.8, 4) is 0 Å². The van der Waals surface area contributed by atoms with Crippen molar-refractivity contribution in [2.24, 2.45) is 0 Å². The molecule has 0 saturated carbocycles. The number of hydrogen-bond acceptors (Lipinski definition) is 3. The minimum absolute atomic E-state index is 0.251. The zero-order valence-electron chi connectivity index (χ0n) is 14.6. The predicted octanol–water partition coefficient (Wildman–Crippen LogP) is 3.28. The van der Waals surface area contributed by atoms with Crippen molar-refractivity contribution in [1.29, 1.82) is 0 Å². The van der Waals surface area contributed by atoms with Gasteiger partial charge in [0.05, 0.1) is 5.52 Å². The van der Waals surface area contributed by atoms with E-state index in [-0.39, 0.29) is 11.7 Å². The molecule has 3 aromatic rings. The van der Waals surface area contributed by atoms with Gasteiger partial charge in [-0.2, -0.15) is 0 Å². The molecule has 3 N–H and O–H groups in total. The molecule has 1 aromatic heterocycles. The lowest BCUT2D eigenvalue weighted by Gasteiger charge is -2.29. The van der Waals surface area contributed by atoms with Gasteiger partial charge in [0.25, 0.3) is 5.91 Å². The van der Waals surface area contributed by atoms with Gasteiger partial charge in [-0.15, -0.1) is 0 Å². The maximum Gasteiger partial charge on any atom is 0.255 e. The second kappa shape index (κ2) is 6.80. The van der Waals surface area contributed by atoms with Crippen LogP contribution in [-0.4, -0.2) is 37.1 Å². The maximum absolute atomic E-state index is 14.2. The van der Waals surface area contributed by atoms with Crippen LogP contribution >= 0.6 is 0 Å². The Labute approximate surface area is 151 Å². The van der Waals surface area contributed by atoms with Crippen LogP contribution in [0.4, 0.5) is 15.8 Å². The molecule has 2 aromatic carbocycles. The summed E-state index contributed by atoms with van der Waals surface area (Å²) in [4.78, 5) is 17.9. The molecule has 0 spiro atoms. The van der Waals surface area contributed by atoms with E-state index >= 15 is 0 Å². The fourth-order valence-corrected chi connectivity index (χ4v) is 3.36. The summed E-state index contributed by atoms with van der Waals surface area (Å²) in [5.41, 5.74) is 3.65. The smallest absolute Gasteiger partial charge is 0.255 e. The zero-order valence-corrected chi connectivity index (χ0v) is 14.6. The number of halogens is 1. The first kappa shape index (κ1) is 16.6. The highest BCUT2D eigenvalue weighted by molar-refractivity contribution is 6.05. The molecule has 1 fully saturated rings. The van der Waals surface area contributed by atoms with Crippen LogP contribution in [-0.2, 0) is 0 Å². The van der Waals surface area contributed by atoms with Crippen LogP contribution in [0.15, 0.2) is 42.5 Å². The summed E-state index contributed by atoms with van der Waals surface area (Å²) in [6.07, 6.45) is 0. The van der Waals surface area contributed by atoms with E-state index in [4.69, 9.17) is 0 Å². The molecule has 1 amide bonds. The van der Waals surface area contributed by atoms with Crippen molar-refractivity contribution in [2.45, 2.75) is 6.92 Å². The Bertz CT molecular complexity index is 942. The fourth-order valence-electron chi connectivity index (χ4n) is 3.36. The Morgan fingerprint density at radius 1 is 1.12 bits per heavy atom. The van der Waals surface area contributed by atoms with Gasteiger partial charge in [0.1, 0.15) is 5.82 Å². The number of fused-ring (bicyclic) bond motifs is 1. The highest BCUT2D eigenvalue weighted by atomic mass is 19.1. The van der Waals surface area contributed by atoms with Crippen LogP contribution in [0.3, 0.4) is 0 Å². The van der Waals surface area contributed by atoms with Crippen LogP contribution in [0, 0.1) is 12.7 Å². The number of amides is 1. The minimum atomic E-state index is -0.351. The molecule has 0 radical (unpaired) electrons. The van der Waals surface area contributed by atoms with Gasteiger partial charge in [0.15, 0.2) is 0 Å². The number of anilines is 2. The third kappa shape index (κ3) is 3.28. The van der Waals surface area contributed by atoms with E-state index < -0.39 is 0 Å². The van der Waals surface area contributed by atoms with E-state index in [1.165, 1.54) is 6.07 Å². The van der Waals surface area contributed by atoms with Crippen molar-refractivity contribution >= 4 is 28.2 Å². The molecule has 0 bridgehead atoms. The van der Waals surface area contributed by atoms with Crippen molar-refractivity contribution in [1.82, 2.24) is 10.3 Å². The minimum Gasteiger partial charge on any atom is -0.369 e. The average molecular weight is 352 g/mol. The molecule has 1 aliphatic heterocycles. The number of hydrogen-bond donors (Lipinski definition) is 3. The number of piperazine rings is 1.